The van der Waals surface area contributed by atoms with Crippen LogP contribution in [-0.2, 0) is 4.74 Å². The fourth-order valence-corrected chi connectivity index (χ4v) is 5.66. The van der Waals surface area contributed by atoms with E-state index in [1.54, 1.807) is 11.8 Å². The van der Waals surface area contributed by atoms with Gasteiger partial charge >= 0.3 is 5.97 Å². The van der Waals surface area contributed by atoms with Crippen LogP contribution in [0.25, 0.3) is 0 Å². The summed E-state index contributed by atoms with van der Waals surface area (Å²) in [5, 5.41) is 0. The summed E-state index contributed by atoms with van der Waals surface area (Å²) in [7, 11) is 0. The van der Waals surface area contributed by atoms with Crippen LogP contribution >= 0.6 is 11.8 Å². The molecule has 3 heteroatoms. The Hall–Kier alpha value is -3.30. The molecule has 0 aromatic heterocycles. The number of ether oxygens (including phenoxy) is 1. The van der Waals surface area contributed by atoms with Gasteiger partial charge in [-0.2, -0.15) is 0 Å². The van der Waals surface area contributed by atoms with Gasteiger partial charge in [-0.05, 0) is 47.2 Å². The lowest BCUT2D eigenvalue weighted by Crippen LogP contribution is -2.18. The van der Waals surface area contributed by atoms with E-state index in [1.165, 1.54) is 11.1 Å². The van der Waals surface area contributed by atoms with Crippen LogP contribution in [0, 0.1) is 5.92 Å². The molecule has 1 fully saturated rings. The summed E-state index contributed by atoms with van der Waals surface area (Å²) in [6.07, 6.45) is 0. The molecular weight excluding hydrogens is 412 g/mol. The van der Waals surface area contributed by atoms with Crippen molar-refractivity contribution >= 4 is 17.7 Å². The second kappa shape index (κ2) is 9.46. The molecule has 0 bridgehead atoms. The van der Waals surface area contributed by atoms with Gasteiger partial charge in [-0.25, -0.2) is 4.79 Å². The molecule has 0 spiro atoms. The zero-order chi connectivity index (χ0) is 21.8. The molecule has 0 aliphatic heterocycles. The van der Waals surface area contributed by atoms with Gasteiger partial charge in [-0.15, -0.1) is 0 Å². The quantitative estimate of drug-likeness (QED) is 0.175. The Morgan fingerprint density at radius 2 is 1.06 bits per heavy atom. The Kier molecular flexibility index (Phi) is 6.09. The SMILES string of the molecule is O=C(OC(Sc1ccccc1)C1C(c2ccccc2)C1c1ccccc1)c1ccccc1. The Balaban J connectivity index is 1.49. The van der Waals surface area contributed by atoms with Crippen molar-refractivity contribution in [1.29, 1.82) is 0 Å². The summed E-state index contributed by atoms with van der Waals surface area (Å²) in [4.78, 5) is 14.1. The highest BCUT2D eigenvalue weighted by Gasteiger charge is 2.57. The molecule has 0 heterocycles. The molecular formula is C29H24O2S. The molecule has 158 valence electrons. The van der Waals surface area contributed by atoms with Gasteiger partial charge in [-0.3, -0.25) is 0 Å². The first-order valence-corrected chi connectivity index (χ1v) is 11.8. The number of esters is 1. The zero-order valence-electron chi connectivity index (χ0n) is 17.6. The van der Waals surface area contributed by atoms with E-state index in [9.17, 15) is 4.79 Å². The minimum atomic E-state index is -0.291. The molecule has 4 aromatic carbocycles. The minimum absolute atomic E-state index is 0.192. The maximum Gasteiger partial charge on any atom is 0.339 e. The van der Waals surface area contributed by atoms with Crippen LogP contribution < -0.4 is 0 Å². The lowest BCUT2D eigenvalue weighted by atomic mass is 10.0. The van der Waals surface area contributed by atoms with Gasteiger partial charge in [0.1, 0.15) is 0 Å². The Labute approximate surface area is 193 Å². The molecule has 2 nitrogen and oxygen atoms in total. The van der Waals surface area contributed by atoms with Crippen LogP contribution in [0.4, 0.5) is 0 Å². The van der Waals surface area contributed by atoms with Gasteiger partial charge < -0.3 is 4.74 Å². The van der Waals surface area contributed by atoms with Crippen LogP contribution in [0.2, 0.25) is 0 Å². The van der Waals surface area contributed by atoms with Gasteiger partial charge in [0.05, 0.1) is 5.56 Å². The highest BCUT2D eigenvalue weighted by atomic mass is 32.2. The van der Waals surface area contributed by atoms with Crippen LogP contribution in [-0.4, -0.2) is 11.4 Å². The number of carbonyl (C=O) groups excluding carboxylic acids is 1. The Bertz CT molecular complexity index is 1100. The zero-order valence-corrected chi connectivity index (χ0v) is 18.4. The topological polar surface area (TPSA) is 26.3 Å². The summed E-state index contributed by atoms with van der Waals surface area (Å²) in [5.41, 5.74) is 2.88. The summed E-state index contributed by atoms with van der Waals surface area (Å²) in [6.45, 7) is 0. The third kappa shape index (κ3) is 4.49. The third-order valence-electron chi connectivity index (χ3n) is 5.99. The maximum atomic E-state index is 13.0. The van der Waals surface area contributed by atoms with Crippen LogP contribution in [0.3, 0.4) is 0 Å². The van der Waals surface area contributed by atoms with Crippen molar-refractivity contribution in [3.63, 3.8) is 0 Å². The lowest BCUT2D eigenvalue weighted by Gasteiger charge is -2.18. The van der Waals surface area contributed by atoms with E-state index in [4.69, 9.17) is 4.74 Å². The Morgan fingerprint density at radius 3 is 1.56 bits per heavy atom. The van der Waals surface area contributed by atoms with Gasteiger partial charge in [0, 0.05) is 10.8 Å². The van der Waals surface area contributed by atoms with Crippen LogP contribution in [0.15, 0.2) is 126 Å². The van der Waals surface area contributed by atoms with E-state index in [1.807, 2.05) is 60.7 Å². The second-order valence-electron chi connectivity index (χ2n) is 8.02. The van der Waals surface area contributed by atoms with Crippen molar-refractivity contribution in [1.82, 2.24) is 0 Å². The molecule has 0 radical (unpaired) electrons. The van der Waals surface area contributed by atoms with Crippen molar-refractivity contribution in [2.24, 2.45) is 5.92 Å². The average Bonchev–Trinajstić information content (AvgIpc) is 3.62. The smallest absolute Gasteiger partial charge is 0.339 e. The lowest BCUT2D eigenvalue weighted by molar-refractivity contribution is 0.0424. The molecule has 0 amide bonds. The predicted octanol–water partition coefficient (Wildman–Crippen LogP) is 7.16. The molecule has 5 rings (SSSR count). The molecule has 0 saturated heterocycles. The van der Waals surface area contributed by atoms with Gasteiger partial charge in [0.15, 0.2) is 5.44 Å². The largest absolute Gasteiger partial charge is 0.447 e. The van der Waals surface area contributed by atoms with E-state index in [0.717, 1.165) is 4.90 Å². The number of benzene rings is 4. The van der Waals surface area contributed by atoms with E-state index in [0.29, 0.717) is 17.4 Å². The van der Waals surface area contributed by atoms with Crippen LogP contribution in [0.1, 0.15) is 33.3 Å². The van der Waals surface area contributed by atoms with Crippen molar-refractivity contribution in [2.75, 3.05) is 0 Å². The van der Waals surface area contributed by atoms with Gasteiger partial charge in [0.25, 0.3) is 0 Å². The average molecular weight is 437 g/mol. The summed E-state index contributed by atoms with van der Waals surface area (Å²) in [5.74, 6) is 0.536. The van der Waals surface area contributed by atoms with E-state index in [-0.39, 0.29) is 17.3 Å². The van der Waals surface area contributed by atoms with E-state index in [2.05, 4.69) is 60.7 Å². The standard InChI is InChI=1S/C29H24O2S/c30-28(23-17-9-3-10-18-23)31-29(32-24-19-11-4-12-20-24)27-25(21-13-5-1-6-14-21)26(27)22-15-7-2-8-16-22/h1-20,25-27,29H. The molecule has 1 saturated carbocycles. The van der Waals surface area contributed by atoms with Crippen molar-refractivity contribution in [3.05, 3.63) is 138 Å². The monoisotopic (exact) mass is 436 g/mol. The first kappa shape index (κ1) is 20.6. The minimum Gasteiger partial charge on any atom is -0.447 e. The maximum absolute atomic E-state index is 13.0. The van der Waals surface area contributed by atoms with E-state index >= 15 is 0 Å². The first-order valence-electron chi connectivity index (χ1n) is 10.9. The fraction of sp³-hybridized carbons (Fsp3) is 0.138. The number of hydrogen-bond acceptors (Lipinski definition) is 3. The molecule has 3 unspecified atom stereocenters. The second-order valence-corrected chi connectivity index (χ2v) is 9.19. The number of hydrogen-bond donors (Lipinski definition) is 0. The number of carbonyl (C=O) groups is 1. The number of rotatable bonds is 7. The summed E-state index contributed by atoms with van der Waals surface area (Å²) >= 11 is 1.64. The van der Waals surface area contributed by atoms with Crippen LogP contribution in [0.5, 0.6) is 0 Å². The van der Waals surface area contributed by atoms with Gasteiger partial charge in [-0.1, -0.05) is 109 Å². The predicted molar refractivity (Wildman–Crippen MR) is 130 cm³/mol. The van der Waals surface area contributed by atoms with Gasteiger partial charge in [0.2, 0.25) is 0 Å². The molecule has 1 aliphatic carbocycles. The molecule has 1 aliphatic rings. The highest BCUT2D eigenvalue weighted by Crippen LogP contribution is 2.64. The molecule has 4 aromatic rings. The molecule has 0 N–H and O–H groups in total. The van der Waals surface area contributed by atoms with E-state index < -0.39 is 0 Å². The normalized spacial score (nSPS) is 20.3. The van der Waals surface area contributed by atoms with Crippen molar-refractivity contribution < 1.29 is 9.53 Å². The van der Waals surface area contributed by atoms with Crippen molar-refractivity contribution in [2.45, 2.75) is 22.2 Å². The summed E-state index contributed by atoms with van der Waals surface area (Å²) < 4.78 is 6.19. The third-order valence-corrected chi connectivity index (χ3v) is 7.17. The first-order chi connectivity index (χ1) is 15.8. The van der Waals surface area contributed by atoms with Crippen molar-refractivity contribution in [3.8, 4) is 0 Å². The Morgan fingerprint density at radius 1 is 0.625 bits per heavy atom. The fourth-order valence-electron chi connectivity index (χ4n) is 4.44. The highest BCUT2D eigenvalue weighted by molar-refractivity contribution is 7.99. The molecule has 32 heavy (non-hydrogen) atoms. The molecule has 3 atom stereocenters. The number of thioether (sulfide) groups is 1. The summed E-state index contributed by atoms with van der Waals surface area (Å²) in [6, 6.07) is 40.6.